The number of halogens is 2. The van der Waals surface area contributed by atoms with Crippen molar-refractivity contribution in [1.29, 1.82) is 5.26 Å². The Morgan fingerprint density at radius 3 is 2.73 bits per heavy atom. The lowest BCUT2D eigenvalue weighted by molar-refractivity contribution is -0.121. The molecule has 0 aliphatic heterocycles. The number of nitrogens with zero attached hydrogens (tertiary/aromatic N) is 1. The molecule has 2 rings (SSSR count). The van der Waals surface area contributed by atoms with Crippen molar-refractivity contribution < 1.29 is 4.79 Å². The summed E-state index contributed by atoms with van der Waals surface area (Å²) >= 11 is 12.0. The van der Waals surface area contributed by atoms with Crippen molar-refractivity contribution in [2.75, 3.05) is 6.54 Å². The lowest BCUT2D eigenvalue weighted by Crippen LogP contribution is -2.49. The van der Waals surface area contributed by atoms with Crippen LogP contribution in [0.1, 0.15) is 38.3 Å². The van der Waals surface area contributed by atoms with E-state index in [9.17, 15) is 10.1 Å². The van der Waals surface area contributed by atoms with Crippen molar-refractivity contribution in [2.45, 2.75) is 38.3 Å². The van der Waals surface area contributed by atoms with Gasteiger partial charge in [-0.05, 0) is 50.3 Å². The zero-order valence-corrected chi connectivity index (χ0v) is 14.1. The number of amides is 1. The molecule has 6 heteroatoms. The molecule has 0 radical (unpaired) electrons. The molecule has 4 nitrogen and oxygen atoms in total. The lowest BCUT2D eigenvalue weighted by Gasteiger charge is -2.23. The van der Waals surface area contributed by atoms with Crippen LogP contribution >= 0.6 is 23.2 Å². The maximum absolute atomic E-state index is 12.0. The number of carbonyl (C=O) groups is 1. The number of rotatable bonds is 6. The van der Waals surface area contributed by atoms with Crippen molar-refractivity contribution in [3.05, 3.63) is 33.8 Å². The average molecular weight is 340 g/mol. The van der Waals surface area contributed by atoms with Crippen molar-refractivity contribution in [3.63, 3.8) is 0 Å². The molecule has 1 amide bonds. The minimum atomic E-state index is -0.764. The molecule has 118 valence electrons. The van der Waals surface area contributed by atoms with Crippen LogP contribution in [-0.2, 0) is 4.79 Å². The van der Waals surface area contributed by atoms with Gasteiger partial charge in [-0.1, -0.05) is 29.3 Å². The van der Waals surface area contributed by atoms with Crippen LogP contribution < -0.4 is 10.6 Å². The smallest absolute Gasteiger partial charge is 0.235 e. The summed E-state index contributed by atoms with van der Waals surface area (Å²) in [7, 11) is 0. The zero-order chi connectivity index (χ0) is 16.3. The number of nitrogens with one attached hydrogen (secondary N) is 2. The molecule has 2 N–H and O–H groups in total. The van der Waals surface area contributed by atoms with E-state index in [0.29, 0.717) is 10.0 Å². The van der Waals surface area contributed by atoms with Crippen molar-refractivity contribution >= 4 is 29.1 Å². The van der Waals surface area contributed by atoms with E-state index >= 15 is 0 Å². The molecule has 0 bridgehead atoms. The summed E-state index contributed by atoms with van der Waals surface area (Å²) < 4.78 is 0. The second kappa shape index (κ2) is 6.87. The van der Waals surface area contributed by atoms with Crippen LogP contribution in [0.5, 0.6) is 0 Å². The van der Waals surface area contributed by atoms with Gasteiger partial charge in [0, 0.05) is 16.1 Å². The van der Waals surface area contributed by atoms with Crippen molar-refractivity contribution in [3.8, 4) is 6.07 Å². The first kappa shape index (κ1) is 17.1. The predicted octanol–water partition coefficient (Wildman–Crippen LogP) is 3.45. The first-order valence-electron chi connectivity index (χ1n) is 7.26. The summed E-state index contributed by atoms with van der Waals surface area (Å²) in [6.07, 6.45) is 1.99. The lowest BCUT2D eigenvalue weighted by atomic mass is 9.98. The Hall–Kier alpha value is -1.28. The molecule has 2 atom stereocenters. The molecule has 1 aromatic rings. The number of nitriles is 1. The van der Waals surface area contributed by atoms with Gasteiger partial charge in [-0.25, -0.2) is 0 Å². The maximum atomic E-state index is 12.0. The van der Waals surface area contributed by atoms with Crippen LogP contribution in [-0.4, -0.2) is 18.0 Å². The molecule has 0 unspecified atom stereocenters. The highest BCUT2D eigenvalue weighted by Gasteiger charge is 2.42. The van der Waals surface area contributed by atoms with Gasteiger partial charge in [0.25, 0.3) is 0 Å². The first-order chi connectivity index (χ1) is 10.4. The fraction of sp³-hybridized carbons (Fsp3) is 0.500. The van der Waals surface area contributed by atoms with Crippen LogP contribution in [0.4, 0.5) is 0 Å². The van der Waals surface area contributed by atoms with Crippen molar-refractivity contribution in [1.82, 2.24) is 10.6 Å². The van der Waals surface area contributed by atoms with Crippen LogP contribution in [0.15, 0.2) is 18.2 Å². The second-order valence-corrected chi connectivity index (χ2v) is 6.75. The van der Waals surface area contributed by atoms with Gasteiger partial charge in [-0.2, -0.15) is 5.26 Å². The number of benzene rings is 1. The highest BCUT2D eigenvalue weighted by atomic mass is 35.5. The Bertz CT molecular complexity index is 610. The van der Waals surface area contributed by atoms with Gasteiger partial charge in [0.1, 0.15) is 5.54 Å². The number of carbonyl (C=O) groups excluding carboxylic acids is 1. The molecule has 22 heavy (non-hydrogen) atoms. The molecular weight excluding hydrogens is 321 g/mol. The predicted molar refractivity (Wildman–Crippen MR) is 87.8 cm³/mol. The molecule has 1 saturated carbocycles. The Balaban J connectivity index is 1.89. The molecule has 1 aromatic carbocycles. The van der Waals surface area contributed by atoms with Gasteiger partial charge in [0.05, 0.1) is 12.6 Å². The molecule has 1 aliphatic rings. The zero-order valence-electron chi connectivity index (χ0n) is 12.6. The Kier molecular flexibility index (Phi) is 5.33. The summed E-state index contributed by atoms with van der Waals surface area (Å²) in [6, 6.07) is 7.40. The van der Waals surface area contributed by atoms with E-state index in [2.05, 4.69) is 16.7 Å². The van der Waals surface area contributed by atoms with Crippen LogP contribution in [0.25, 0.3) is 0 Å². The Morgan fingerprint density at radius 2 is 2.18 bits per heavy atom. The van der Waals surface area contributed by atoms with Crippen LogP contribution in [0.2, 0.25) is 10.0 Å². The SMILES string of the molecule is C[C@H](NCC(=O)N[C@@](C)(C#N)C1CC1)c1ccc(Cl)cc1Cl. The third-order valence-electron chi connectivity index (χ3n) is 4.02. The summed E-state index contributed by atoms with van der Waals surface area (Å²) in [4.78, 5) is 12.0. The van der Waals surface area contributed by atoms with Gasteiger partial charge in [-0.15, -0.1) is 0 Å². The fourth-order valence-electron chi connectivity index (χ4n) is 2.42. The molecule has 1 fully saturated rings. The summed E-state index contributed by atoms with van der Waals surface area (Å²) in [6.45, 7) is 3.83. The molecular formula is C16H19Cl2N3O. The Labute approximate surface area is 140 Å². The van der Waals surface area contributed by atoms with E-state index in [-0.39, 0.29) is 24.4 Å². The fourth-order valence-corrected chi connectivity index (χ4v) is 3.00. The maximum Gasteiger partial charge on any atom is 0.235 e. The molecule has 0 spiro atoms. The van der Waals surface area contributed by atoms with Gasteiger partial charge >= 0.3 is 0 Å². The van der Waals surface area contributed by atoms with Crippen LogP contribution in [0.3, 0.4) is 0 Å². The summed E-state index contributed by atoms with van der Waals surface area (Å²) in [5, 5.41) is 16.3. The van der Waals surface area contributed by atoms with E-state index in [1.807, 2.05) is 13.0 Å². The summed E-state index contributed by atoms with van der Waals surface area (Å²) in [5.74, 6) is 0.0810. The average Bonchev–Trinajstić information content (AvgIpc) is 3.29. The molecule has 1 aliphatic carbocycles. The first-order valence-corrected chi connectivity index (χ1v) is 8.02. The largest absolute Gasteiger partial charge is 0.337 e. The van der Waals surface area contributed by atoms with Gasteiger partial charge < -0.3 is 10.6 Å². The topological polar surface area (TPSA) is 64.9 Å². The molecule has 0 aromatic heterocycles. The monoisotopic (exact) mass is 339 g/mol. The number of hydrogen-bond donors (Lipinski definition) is 2. The minimum Gasteiger partial charge on any atom is -0.337 e. The van der Waals surface area contributed by atoms with E-state index in [1.165, 1.54) is 0 Å². The van der Waals surface area contributed by atoms with Crippen molar-refractivity contribution in [2.24, 2.45) is 5.92 Å². The highest BCUT2D eigenvalue weighted by molar-refractivity contribution is 6.35. The van der Waals surface area contributed by atoms with E-state index in [4.69, 9.17) is 23.2 Å². The minimum absolute atomic E-state index is 0.0928. The molecule has 0 heterocycles. The Morgan fingerprint density at radius 1 is 1.50 bits per heavy atom. The third kappa shape index (κ3) is 4.13. The third-order valence-corrected chi connectivity index (χ3v) is 4.59. The summed E-state index contributed by atoms with van der Waals surface area (Å²) in [5.41, 5.74) is 0.115. The van der Waals surface area contributed by atoms with Gasteiger partial charge in [0.2, 0.25) is 5.91 Å². The van der Waals surface area contributed by atoms with Gasteiger partial charge in [-0.3, -0.25) is 4.79 Å². The highest BCUT2D eigenvalue weighted by Crippen LogP contribution is 2.39. The normalized spacial score (nSPS) is 18.1. The standard InChI is InChI=1S/C16H19Cl2N3O/c1-10(13-6-5-12(17)7-14(13)18)20-8-15(22)21-16(2,9-19)11-3-4-11/h5-7,10-11,20H,3-4,8H2,1-2H3,(H,21,22)/t10-,16-/m0/s1. The van der Waals surface area contributed by atoms with E-state index in [0.717, 1.165) is 18.4 Å². The van der Waals surface area contributed by atoms with Crippen LogP contribution in [0, 0.1) is 17.2 Å². The van der Waals surface area contributed by atoms with E-state index < -0.39 is 5.54 Å². The number of hydrogen-bond acceptors (Lipinski definition) is 3. The van der Waals surface area contributed by atoms with Gasteiger partial charge in [0.15, 0.2) is 0 Å². The second-order valence-electron chi connectivity index (χ2n) is 5.91. The molecule has 0 saturated heterocycles. The van der Waals surface area contributed by atoms with E-state index in [1.54, 1.807) is 19.1 Å². The quantitative estimate of drug-likeness (QED) is 0.834.